The Balaban J connectivity index is 1.89. The van der Waals surface area contributed by atoms with Crippen LogP contribution in [0.5, 0.6) is 11.5 Å². The molecule has 1 heterocycles. The van der Waals surface area contributed by atoms with Crippen LogP contribution in [0, 0.1) is 0 Å². The fourth-order valence-corrected chi connectivity index (χ4v) is 2.40. The molecule has 3 aromatic rings. The number of para-hydroxylation sites is 1. The highest BCUT2D eigenvalue weighted by molar-refractivity contribution is 6.31. The summed E-state index contributed by atoms with van der Waals surface area (Å²) in [5.74, 6) is 1.23. The van der Waals surface area contributed by atoms with Crippen LogP contribution in [0.15, 0.2) is 47.6 Å². The zero-order valence-corrected chi connectivity index (χ0v) is 14.8. The molecule has 0 atom stereocenters. The third-order valence-electron chi connectivity index (χ3n) is 3.42. The zero-order chi connectivity index (χ0) is 18.4. The molecule has 0 fully saturated rings. The van der Waals surface area contributed by atoms with Gasteiger partial charge in [0.2, 0.25) is 0 Å². The quantitative estimate of drug-likeness (QED) is 0.640. The Labute approximate surface area is 155 Å². The molecule has 0 saturated carbocycles. The second kappa shape index (κ2) is 8.30. The lowest BCUT2D eigenvalue weighted by atomic mass is 10.2. The highest BCUT2D eigenvalue weighted by atomic mass is 35.5. The number of nitrogens with zero attached hydrogens (tertiary/aromatic N) is 5. The molecule has 26 heavy (non-hydrogen) atoms. The van der Waals surface area contributed by atoms with Crippen molar-refractivity contribution in [1.29, 1.82) is 0 Å². The summed E-state index contributed by atoms with van der Waals surface area (Å²) < 4.78 is 11.7. The van der Waals surface area contributed by atoms with Crippen molar-refractivity contribution in [2.24, 2.45) is 5.10 Å². The summed E-state index contributed by atoms with van der Waals surface area (Å²) in [5.41, 5.74) is 7.18. The number of ether oxygens (including phenoxy) is 2. The van der Waals surface area contributed by atoms with E-state index < -0.39 is 0 Å². The van der Waals surface area contributed by atoms with E-state index in [4.69, 9.17) is 26.8 Å². The number of nitrogens with two attached hydrogens (primary N) is 1. The molecule has 9 heteroatoms. The minimum Gasteiger partial charge on any atom is -0.490 e. The highest BCUT2D eigenvalue weighted by Crippen LogP contribution is 2.32. The van der Waals surface area contributed by atoms with Crippen molar-refractivity contribution >= 4 is 23.8 Å². The Bertz CT molecular complexity index is 912. The summed E-state index contributed by atoms with van der Waals surface area (Å²) >= 11 is 6.20. The highest BCUT2D eigenvalue weighted by Gasteiger charge is 2.11. The topological polar surface area (TPSA) is 100 Å². The molecule has 1 aromatic heterocycles. The SMILES string of the molecule is CCOc1cccc(/C=N\n2nnnc2N)c1OCc1ccccc1Cl. The molecule has 0 spiro atoms. The lowest BCUT2D eigenvalue weighted by Gasteiger charge is -2.14. The first-order valence-electron chi connectivity index (χ1n) is 7.89. The Morgan fingerprint density at radius 3 is 2.77 bits per heavy atom. The van der Waals surface area contributed by atoms with E-state index in [1.807, 2.05) is 49.4 Å². The van der Waals surface area contributed by atoms with E-state index in [1.165, 1.54) is 0 Å². The molecule has 0 saturated heterocycles. The molecule has 2 N–H and O–H groups in total. The third-order valence-corrected chi connectivity index (χ3v) is 3.79. The van der Waals surface area contributed by atoms with E-state index in [0.29, 0.717) is 28.7 Å². The van der Waals surface area contributed by atoms with E-state index in [-0.39, 0.29) is 12.6 Å². The van der Waals surface area contributed by atoms with Crippen molar-refractivity contribution in [3.05, 3.63) is 58.6 Å². The van der Waals surface area contributed by atoms with E-state index in [9.17, 15) is 0 Å². The van der Waals surface area contributed by atoms with E-state index in [0.717, 1.165) is 10.4 Å². The van der Waals surface area contributed by atoms with Gasteiger partial charge in [-0.2, -0.15) is 5.10 Å². The molecule has 0 unspecified atom stereocenters. The Morgan fingerprint density at radius 1 is 1.19 bits per heavy atom. The molecule has 8 nitrogen and oxygen atoms in total. The van der Waals surface area contributed by atoms with Gasteiger partial charge >= 0.3 is 0 Å². The number of hydrogen-bond acceptors (Lipinski definition) is 7. The van der Waals surface area contributed by atoms with Crippen LogP contribution < -0.4 is 15.2 Å². The minimum atomic E-state index is 0.0840. The zero-order valence-electron chi connectivity index (χ0n) is 14.0. The Kier molecular flexibility index (Phi) is 5.65. The van der Waals surface area contributed by atoms with Gasteiger partial charge in [-0.1, -0.05) is 45.8 Å². The molecule has 0 bridgehead atoms. The molecular formula is C17H17ClN6O2. The lowest BCUT2D eigenvalue weighted by Crippen LogP contribution is -2.04. The monoisotopic (exact) mass is 372 g/mol. The summed E-state index contributed by atoms with van der Waals surface area (Å²) in [6.07, 6.45) is 1.55. The summed E-state index contributed by atoms with van der Waals surface area (Å²) in [6, 6.07) is 13.0. The number of hydrogen-bond donors (Lipinski definition) is 1. The number of anilines is 1. The van der Waals surface area contributed by atoms with Gasteiger partial charge in [0.1, 0.15) is 6.61 Å². The maximum absolute atomic E-state index is 6.20. The number of benzene rings is 2. The van der Waals surface area contributed by atoms with Crippen LogP contribution in [-0.4, -0.2) is 33.1 Å². The van der Waals surface area contributed by atoms with E-state index >= 15 is 0 Å². The van der Waals surface area contributed by atoms with Gasteiger partial charge in [-0.3, -0.25) is 0 Å². The van der Waals surface area contributed by atoms with Gasteiger partial charge < -0.3 is 15.2 Å². The van der Waals surface area contributed by atoms with Crippen molar-refractivity contribution in [3.8, 4) is 11.5 Å². The first kappa shape index (κ1) is 17.7. The molecule has 0 aliphatic carbocycles. The second-order valence-corrected chi connectivity index (χ2v) is 5.57. The van der Waals surface area contributed by atoms with Crippen molar-refractivity contribution in [2.45, 2.75) is 13.5 Å². The van der Waals surface area contributed by atoms with E-state index in [1.54, 1.807) is 6.21 Å². The summed E-state index contributed by atoms with van der Waals surface area (Å²) in [5, 5.41) is 15.5. The van der Waals surface area contributed by atoms with Crippen LogP contribution >= 0.6 is 11.6 Å². The number of nitrogen functional groups attached to an aromatic ring is 1. The van der Waals surface area contributed by atoms with E-state index in [2.05, 4.69) is 20.6 Å². The van der Waals surface area contributed by atoms with Gasteiger partial charge in [-0.05, 0) is 35.5 Å². The second-order valence-electron chi connectivity index (χ2n) is 5.16. The van der Waals surface area contributed by atoms with Crippen LogP contribution in [-0.2, 0) is 6.61 Å². The van der Waals surface area contributed by atoms with Crippen LogP contribution in [0.1, 0.15) is 18.1 Å². The first-order chi connectivity index (χ1) is 12.7. The van der Waals surface area contributed by atoms with Gasteiger partial charge in [0.25, 0.3) is 5.95 Å². The van der Waals surface area contributed by atoms with Gasteiger partial charge in [-0.25, -0.2) is 0 Å². The Morgan fingerprint density at radius 2 is 2.04 bits per heavy atom. The molecule has 0 aliphatic rings. The standard InChI is InChI=1S/C17H17ClN6O2/c1-2-25-15-9-5-7-12(10-20-24-17(19)21-22-23-24)16(15)26-11-13-6-3-4-8-14(13)18/h3-10H,2,11H2,1H3,(H2,19,21,23)/b20-10-. The predicted molar refractivity (Wildman–Crippen MR) is 98.6 cm³/mol. The molecular weight excluding hydrogens is 356 g/mol. The van der Waals surface area contributed by atoms with Crippen LogP contribution in [0.25, 0.3) is 0 Å². The van der Waals surface area contributed by atoms with Crippen LogP contribution in [0.3, 0.4) is 0 Å². The molecule has 2 aromatic carbocycles. The summed E-state index contributed by atoms with van der Waals surface area (Å²) in [7, 11) is 0. The summed E-state index contributed by atoms with van der Waals surface area (Å²) in [6.45, 7) is 2.70. The first-order valence-corrected chi connectivity index (χ1v) is 8.27. The molecule has 0 amide bonds. The van der Waals surface area contributed by atoms with Crippen LogP contribution in [0.2, 0.25) is 5.02 Å². The third kappa shape index (κ3) is 4.09. The maximum Gasteiger partial charge on any atom is 0.263 e. The largest absolute Gasteiger partial charge is 0.490 e. The Hall–Kier alpha value is -3.13. The smallest absolute Gasteiger partial charge is 0.263 e. The van der Waals surface area contributed by atoms with Gasteiger partial charge in [0.05, 0.1) is 12.8 Å². The fraction of sp³-hybridized carbons (Fsp3) is 0.176. The van der Waals surface area contributed by atoms with Gasteiger partial charge in [0.15, 0.2) is 11.5 Å². The number of halogens is 1. The van der Waals surface area contributed by atoms with Crippen molar-refractivity contribution in [3.63, 3.8) is 0 Å². The number of tetrazole rings is 1. The van der Waals surface area contributed by atoms with Crippen molar-refractivity contribution in [1.82, 2.24) is 20.3 Å². The lowest BCUT2D eigenvalue weighted by molar-refractivity contribution is 0.269. The summed E-state index contributed by atoms with van der Waals surface area (Å²) in [4.78, 5) is 1.12. The van der Waals surface area contributed by atoms with Crippen molar-refractivity contribution in [2.75, 3.05) is 12.3 Å². The molecule has 0 aliphatic heterocycles. The molecule has 134 valence electrons. The molecule has 0 radical (unpaired) electrons. The normalized spacial score (nSPS) is 11.0. The van der Waals surface area contributed by atoms with Crippen molar-refractivity contribution < 1.29 is 9.47 Å². The number of aromatic nitrogens is 4. The minimum absolute atomic E-state index is 0.0840. The average Bonchev–Trinajstić information content (AvgIpc) is 3.05. The van der Waals surface area contributed by atoms with Gasteiger partial charge in [0, 0.05) is 16.1 Å². The van der Waals surface area contributed by atoms with Crippen LogP contribution in [0.4, 0.5) is 5.95 Å². The average molecular weight is 373 g/mol. The number of rotatable bonds is 7. The van der Waals surface area contributed by atoms with Gasteiger partial charge in [-0.15, -0.1) is 0 Å². The maximum atomic E-state index is 6.20. The molecule has 3 rings (SSSR count). The predicted octanol–water partition coefficient (Wildman–Crippen LogP) is 2.77. The fourth-order valence-electron chi connectivity index (χ4n) is 2.21.